The van der Waals surface area contributed by atoms with Gasteiger partial charge >= 0.3 is 5.97 Å². The Kier molecular flexibility index (Phi) is 2.70. The van der Waals surface area contributed by atoms with E-state index in [-0.39, 0.29) is 12.3 Å². The lowest BCUT2D eigenvalue weighted by Crippen LogP contribution is -2.21. The minimum Gasteiger partial charge on any atom is -0.481 e. The molecule has 3 heteroatoms. The van der Waals surface area contributed by atoms with Gasteiger partial charge in [0.15, 0.2) is 0 Å². The zero-order chi connectivity index (χ0) is 11.8. The number of aliphatic carboxylic acids is 1. The third-order valence-electron chi connectivity index (χ3n) is 3.23. The van der Waals surface area contributed by atoms with Gasteiger partial charge in [0.2, 0.25) is 0 Å². The Labute approximate surface area is 94.1 Å². The molecule has 1 N–H and O–H groups in total. The summed E-state index contributed by atoms with van der Waals surface area (Å²) in [5.74, 6) is -0.860. The van der Waals surface area contributed by atoms with Gasteiger partial charge in [-0.3, -0.25) is 4.79 Å². The highest BCUT2D eigenvalue weighted by atomic mass is 19.1. The summed E-state index contributed by atoms with van der Waals surface area (Å²) >= 11 is 0. The minimum absolute atomic E-state index is 0.0578. The number of hydrogen-bond donors (Lipinski definition) is 1. The number of benzene rings is 1. The molecule has 0 aliphatic heterocycles. The molecule has 86 valence electrons. The van der Waals surface area contributed by atoms with Gasteiger partial charge in [-0.15, -0.1) is 0 Å². The van der Waals surface area contributed by atoms with E-state index < -0.39 is 11.6 Å². The standard InChI is InChI=1S/C13H15FO2/c1-13(14,10-6-7-10)11-5-3-2-4-9(11)8-12(15)16/h2-5,10H,6-8H2,1H3,(H,15,16). The van der Waals surface area contributed by atoms with Crippen LogP contribution in [-0.4, -0.2) is 11.1 Å². The van der Waals surface area contributed by atoms with Crippen molar-refractivity contribution in [2.24, 2.45) is 5.92 Å². The third-order valence-corrected chi connectivity index (χ3v) is 3.23. The smallest absolute Gasteiger partial charge is 0.307 e. The third kappa shape index (κ3) is 2.08. The second kappa shape index (κ2) is 3.89. The van der Waals surface area contributed by atoms with Crippen molar-refractivity contribution < 1.29 is 14.3 Å². The summed E-state index contributed by atoms with van der Waals surface area (Å²) in [6.07, 6.45) is 1.69. The van der Waals surface area contributed by atoms with E-state index in [0.29, 0.717) is 11.1 Å². The maximum atomic E-state index is 14.5. The molecule has 1 aromatic rings. The summed E-state index contributed by atoms with van der Waals surface area (Å²) in [5.41, 5.74) is -0.252. The Morgan fingerprint density at radius 2 is 2.12 bits per heavy atom. The first-order valence-corrected chi connectivity index (χ1v) is 5.51. The van der Waals surface area contributed by atoms with E-state index >= 15 is 0 Å². The molecule has 1 aliphatic rings. The van der Waals surface area contributed by atoms with Crippen molar-refractivity contribution in [3.05, 3.63) is 35.4 Å². The van der Waals surface area contributed by atoms with E-state index in [4.69, 9.17) is 5.11 Å². The van der Waals surface area contributed by atoms with Crippen LogP contribution in [0.15, 0.2) is 24.3 Å². The first-order chi connectivity index (χ1) is 7.51. The van der Waals surface area contributed by atoms with Gasteiger partial charge in [-0.25, -0.2) is 4.39 Å². The predicted octanol–water partition coefficient (Wildman–Crippen LogP) is 2.91. The maximum Gasteiger partial charge on any atom is 0.307 e. The molecule has 1 aliphatic carbocycles. The molecule has 0 spiro atoms. The average molecular weight is 222 g/mol. The van der Waals surface area contributed by atoms with Crippen molar-refractivity contribution in [2.45, 2.75) is 31.9 Å². The Morgan fingerprint density at radius 3 is 2.69 bits per heavy atom. The van der Waals surface area contributed by atoms with E-state index in [2.05, 4.69) is 0 Å². The van der Waals surface area contributed by atoms with Crippen LogP contribution in [0.5, 0.6) is 0 Å². The van der Waals surface area contributed by atoms with Crippen molar-refractivity contribution in [1.82, 2.24) is 0 Å². The van der Waals surface area contributed by atoms with Crippen LogP contribution >= 0.6 is 0 Å². The number of halogens is 1. The lowest BCUT2D eigenvalue weighted by molar-refractivity contribution is -0.136. The van der Waals surface area contributed by atoms with Crippen LogP contribution < -0.4 is 0 Å². The van der Waals surface area contributed by atoms with Crippen LogP contribution in [0, 0.1) is 5.92 Å². The van der Waals surface area contributed by atoms with Crippen molar-refractivity contribution >= 4 is 5.97 Å². The fourth-order valence-electron chi connectivity index (χ4n) is 2.16. The molecule has 1 saturated carbocycles. The maximum absolute atomic E-state index is 14.5. The highest BCUT2D eigenvalue weighted by Crippen LogP contribution is 2.49. The summed E-state index contributed by atoms with van der Waals surface area (Å²) in [6.45, 7) is 1.56. The zero-order valence-electron chi connectivity index (χ0n) is 9.24. The average Bonchev–Trinajstić information content (AvgIpc) is 3.00. The van der Waals surface area contributed by atoms with Gasteiger partial charge in [-0.1, -0.05) is 24.3 Å². The highest BCUT2D eigenvalue weighted by molar-refractivity contribution is 5.71. The van der Waals surface area contributed by atoms with Crippen molar-refractivity contribution in [1.29, 1.82) is 0 Å². The topological polar surface area (TPSA) is 37.3 Å². The summed E-state index contributed by atoms with van der Waals surface area (Å²) in [5, 5.41) is 8.79. The zero-order valence-corrected chi connectivity index (χ0v) is 9.24. The van der Waals surface area contributed by atoms with E-state index in [1.165, 1.54) is 0 Å². The molecule has 0 saturated heterocycles. The second-order valence-electron chi connectivity index (χ2n) is 4.58. The SMILES string of the molecule is CC(F)(c1ccccc1CC(=O)O)C1CC1. The quantitative estimate of drug-likeness (QED) is 0.850. The fourth-order valence-corrected chi connectivity index (χ4v) is 2.16. The second-order valence-corrected chi connectivity index (χ2v) is 4.58. The number of carbonyl (C=O) groups is 1. The Morgan fingerprint density at radius 1 is 1.50 bits per heavy atom. The monoisotopic (exact) mass is 222 g/mol. The van der Waals surface area contributed by atoms with Crippen LogP contribution in [0.25, 0.3) is 0 Å². The molecule has 1 fully saturated rings. The summed E-state index contributed by atoms with van der Waals surface area (Å²) in [4.78, 5) is 10.7. The lowest BCUT2D eigenvalue weighted by atomic mass is 9.88. The molecule has 0 bridgehead atoms. The summed E-state index contributed by atoms with van der Waals surface area (Å²) in [7, 11) is 0. The molecule has 2 rings (SSSR count). The van der Waals surface area contributed by atoms with E-state index in [9.17, 15) is 9.18 Å². The van der Waals surface area contributed by atoms with Gasteiger partial charge in [-0.05, 0) is 36.8 Å². The van der Waals surface area contributed by atoms with Crippen molar-refractivity contribution in [3.8, 4) is 0 Å². The molecule has 1 aromatic carbocycles. The molecule has 16 heavy (non-hydrogen) atoms. The molecule has 0 heterocycles. The van der Waals surface area contributed by atoms with Gasteiger partial charge in [0.1, 0.15) is 5.67 Å². The number of hydrogen-bond acceptors (Lipinski definition) is 1. The van der Waals surface area contributed by atoms with Gasteiger partial charge in [0.05, 0.1) is 6.42 Å². The molecule has 1 unspecified atom stereocenters. The Hall–Kier alpha value is -1.38. The van der Waals surface area contributed by atoms with Gasteiger partial charge < -0.3 is 5.11 Å². The first-order valence-electron chi connectivity index (χ1n) is 5.51. The van der Waals surface area contributed by atoms with E-state index in [0.717, 1.165) is 12.8 Å². The van der Waals surface area contributed by atoms with Crippen LogP contribution in [0.1, 0.15) is 30.9 Å². The minimum atomic E-state index is -1.38. The van der Waals surface area contributed by atoms with Crippen LogP contribution in [-0.2, 0) is 16.9 Å². The molecule has 0 amide bonds. The van der Waals surface area contributed by atoms with Gasteiger partial charge in [-0.2, -0.15) is 0 Å². The first kappa shape index (κ1) is 11.1. The molecule has 0 aromatic heterocycles. The molecular weight excluding hydrogens is 207 g/mol. The van der Waals surface area contributed by atoms with Crippen LogP contribution in [0.4, 0.5) is 4.39 Å². The summed E-state index contributed by atoms with van der Waals surface area (Å²) < 4.78 is 14.5. The predicted molar refractivity (Wildman–Crippen MR) is 59.0 cm³/mol. The molecule has 0 radical (unpaired) electrons. The Bertz CT molecular complexity index is 408. The number of alkyl halides is 1. The molecule has 2 nitrogen and oxygen atoms in total. The normalized spacial score (nSPS) is 19.1. The van der Waals surface area contributed by atoms with Crippen molar-refractivity contribution in [3.63, 3.8) is 0 Å². The van der Waals surface area contributed by atoms with Gasteiger partial charge in [0.25, 0.3) is 0 Å². The van der Waals surface area contributed by atoms with Crippen LogP contribution in [0.3, 0.4) is 0 Å². The number of rotatable bonds is 4. The molecular formula is C13H15FO2. The fraction of sp³-hybridized carbons (Fsp3) is 0.462. The largest absolute Gasteiger partial charge is 0.481 e. The molecule has 1 atom stereocenters. The van der Waals surface area contributed by atoms with Gasteiger partial charge in [0, 0.05) is 0 Å². The highest BCUT2D eigenvalue weighted by Gasteiger charge is 2.44. The number of carboxylic acid groups (broad SMARTS) is 1. The van der Waals surface area contributed by atoms with E-state index in [1.54, 1.807) is 31.2 Å². The Balaban J connectivity index is 2.35. The van der Waals surface area contributed by atoms with Crippen LogP contribution in [0.2, 0.25) is 0 Å². The van der Waals surface area contributed by atoms with E-state index in [1.807, 2.05) is 0 Å². The van der Waals surface area contributed by atoms with Crippen molar-refractivity contribution in [2.75, 3.05) is 0 Å². The number of carboxylic acids is 1. The lowest BCUT2D eigenvalue weighted by Gasteiger charge is -2.23. The summed E-state index contributed by atoms with van der Waals surface area (Å²) in [6, 6.07) is 6.92.